The van der Waals surface area contributed by atoms with Crippen LogP contribution >= 0.6 is 0 Å². The number of carbonyl (C=O) groups excluding carboxylic acids is 6. The zero-order valence-electron chi connectivity index (χ0n) is 35.0. The molecule has 0 radical (unpaired) electrons. The number of hydrogen-bond donors (Lipinski definition) is 4. The Morgan fingerprint density at radius 2 is 0.875 bits per heavy atom. The summed E-state index contributed by atoms with van der Waals surface area (Å²) in [7, 11) is 0. The molecule has 0 aromatic rings. The van der Waals surface area contributed by atoms with Crippen LogP contribution in [0.15, 0.2) is 20.0 Å². The average molecular weight is 791 g/mol. The Bertz CT molecular complexity index is 1410. The highest BCUT2D eigenvalue weighted by Crippen LogP contribution is 2.49. The van der Waals surface area contributed by atoms with Crippen LogP contribution in [0, 0.1) is 32.5 Å². The van der Waals surface area contributed by atoms with E-state index in [9.17, 15) is 28.8 Å². The fraction of sp³-hybridized carbons (Fsp3) is 0.850. The second-order valence-corrected chi connectivity index (χ2v) is 19.1. The molecule has 0 aliphatic heterocycles. The van der Waals surface area contributed by atoms with Crippen LogP contribution in [-0.2, 0) is 28.7 Å². The van der Waals surface area contributed by atoms with Crippen molar-refractivity contribution < 1.29 is 48.5 Å². The van der Waals surface area contributed by atoms with E-state index < -0.39 is 12.2 Å². The van der Waals surface area contributed by atoms with Crippen molar-refractivity contribution in [1.82, 2.24) is 10.6 Å². The first kappa shape index (κ1) is 50.0. The molecular formula is C40H66N6O10. The van der Waals surface area contributed by atoms with Gasteiger partial charge in [0, 0.05) is 13.1 Å². The van der Waals surface area contributed by atoms with Gasteiger partial charge in [0.15, 0.2) is 0 Å². The number of hydrogen-bond acceptors (Lipinski definition) is 14. The largest absolute Gasteiger partial charge is 0.446 e. The molecule has 16 heteroatoms. The molecule has 3 aliphatic rings. The van der Waals surface area contributed by atoms with Crippen molar-refractivity contribution in [2.45, 2.75) is 138 Å². The van der Waals surface area contributed by atoms with E-state index >= 15 is 0 Å². The third kappa shape index (κ3) is 19.7. The fourth-order valence-corrected chi connectivity index (χ4v) is 9.79. The van der Waals surface area contributed by atoms with Crippen molar-refractivity contribution in [2.24, 2.45) is 52.5 Å². The summed E-state index contributed by atoms with van der Waals surface area (Å²) in [6.45, 7) is 19.9. The third-order valence-electron chi connectivity index (χ3n) is 10.5. The summed E-state index contributed by atoms with van der Waals surface area (Å²) < 4.78 is 10.3. The topological polar surface area (TPSA) is 235 Å². The first-order valence-corrected chi connectivity index (χ1v) is 19.3. The number of amides is 2. The molecule has 56 heavy (non-hydrogen) atoms. The second kappa shape index (κ2) is 22.7. The molecule has 0 aromatic carbocycles. The quantitative estimate of drug-likeness (QED) is 0.104. The monoisotopic (exact) mass is 790 g/mol. The zero-order valence-corrected chi connectivity index (χ0v) is 35.0. The minimum atomic E-state index is -0.585. The minimum absolute atomic E-state index is 0.00213. The number of carbonyl (C=O) groups is 2. The van der Waals surface area contributed by atoms with Crippen molar-refractivity contribution in [1.29, 1.82) is 0 Å². The molecule has 4 N–H and O–H groups in total. The Labute approximate surface area is 331 Å². The van der Waals surface area contributed by atoms with Crippen LogP contribution in [0.5, 0.6) is 0 Å². The lowest BCUT2D eigenvalue weighted by Gasteiger charge is -2.45. The van der Waals surface area contributed by atoms with E-state index in [4.69, 9.17) is 19.7 Å². The van der Waals surface area contributed by atoms with Gasteiger partial charge in [0.1, 0.15) is 13.2 Å². The average Bonchev–Trinajstić information content (AvgIpc) is 3.06. The van der Waals surface area contributed by atoms with E-state index in [0.717, 1.165) is 44.9 Å². The maximum atomic E-state index is 12.1. The van der Waals surface area contributed by atoms with Gasteiger partial charge in [-0.3, -0.25) is 0 Å². The number of isocyanates is 4. The molecule has 3 saturated carbocycles. The third-order valence-corrected chi connectivity index (χ3v) is 10.5. The van der Waals surface area contributed by atoms with Crippen LogP contribution in [0.25, 0.3) is 0 Å². The van der Waals surface area contributed by atoms with Gasteiger partial charge in [-0.15, -0.1) is 0 Å². The molecule has 3 rings (SSSR count). The summed E-state index contributed by atoms with van der Waals surface area (Å²) in [6, 6.07) is -0.203. The smallest absolute Gasteiger partial charge is 0.407 e. The van der Waals surface area contributed by atoms with Gasteiger partial charge in [0.2, 0.25) is 24.3 Å². The van der Waals surface area contributed by atoms with Gasteiger partial charge in [-0.1, -0.05) is 62.3 Å². The van der Waals surface area contributed by atoms with Crippen LogP contribution in [0.4, 0.5) is 9.59 Å². The molecule has 6 atom stereocenters. The Balaban J connectivity index is 0.000000646. The number of aliphatic imine (C=N–C) groups is 4. The Kier molecular flexibility index (Phi) is 20.2. The van der Waals surface area contributed by atoms with Crippen LogP contribution in [-0.4, -0.2) is 111 Å². The van der Waals surface area contributed by atoms with Crippen molar-refractivity contribution in [3.63, 3.8) is 0 Å². The highest BCUT2D eigenvalue weighted by molar-refractivity contribution is 5.68. The van der Waals surface area contributed by atoms with Gasteiger partial charge in [0.25, 0.3) is 0 Å². The number of aliphatic hydroxyl groups excluding tert-OH is 2. The molecule has 0 aromatic heterocycles. The maximum Gasteiger partial charge on any atom is 0.407 e. The van der Waals surface area contributed by atoms with E-state index in [1.165, 1.54) is 0 Å². The van der Waals surface area contributed by atoms with Crippen LogP contribution < -0.4 is 10.6 Å². The summed E-state index contributed by atoms with van der Waals surface area (Å²) in [5.74, 6) is 0. The molecule has 3 fully saturated rings. The van der Waals surface area contributed by atoms with Gasteiger partial charge in [-0.05, 0) is 90.3 Å². The normalized spacial score (nSPS) is 29.4. The van der Waals surface area contributed by atoms with E-state index in [1.54, 1.807) is 24.3 Å². The number of nitrogens with zero attached hydrogens (tertiary/aromatic N) is 4. The molecule has 3 aliphatic carbocycles. The number of nitrogens with one attached hydrogen (secondary N) is 2. The predicted octanol–water partition coefficient (Wildman–Crippen LogP) is 5.49. The van der Waals surface area contributed by atoms with Gasteiger partial charge >= 0.3 is 12.2 Å². The lowest BCUT2D eigenvalue weighted by Crippen LogP contribution is -2.45. The van der Waals surface area contributed by atoms with Crippen LogP contribution in [0.2, 0.25) is 0 Å². The van der Waals surface area contributed by atoms with Gasteiger partial charge in [-0.2, -0.15) is 0 Å². The maximum absolute atomic E-state index is 12.1. The summed E-state index contributed by atoms with van der Waals surface area (Å²) in [6.07, 6.45) is 12.8. The van der Waals surface area contributed by atoms with E-state index in [2.05, 4.69) is 92.9 Å². The summed E-state index contributed by atoms with van der Waals surface area (Å²) >= 11 is 0. The van der Waals surface area contributed by atoms with Gasteiger partial charge in [-0.25, -0.2) is 48.7 Å². The molecule has 316 valence electrons. The molecule has 0 saturated heterocycles. The Morgan fingerprint density at radius 1 is 0.554 bits per heavy atom. The first-order valence-electron chi connectivity index (χ1n) is 19.3. The predicted molar refractivity (Wildman–Crippen MR) is 209 cm³/mol. The number of ether oxygens (including phenoxy) is 2. The van der Waals surface area contributed by atoms with Crippen molar-refractivity contribution in [3.8, 4) is 0 Å². The Hall–Kier alpha value is -4.02. The first-order chi connectivity index (χ1) is 26.0. The molecule has 2 amide bonds. The SMILES string of the molecule is CC1(C)CC(N=C=O)CC(C)(CN=C=O)C1.CC1(C)CC(N=C=O)CC(C)(CNC(=O)OCCOC(=O)NCC2(C)CC(N=C=O)CC(C)(C)C2)C1.OCCO. The van der Waals surface area contributed by atoms with E-state index in [-0.39, 0.29) is 77.0 Å². The van der Waals surface area contributed by atoms with E-state index in [1.807, 2.05) is 0 Å². The standard InChI is InChI=1S/C26H42N4O6.C12H18N2O2.C2H6O2/c1-23(2)9-19(29-17-31)11-25(5,13-23)15-27-21(33)35-7-8-36-22(34)28-16-26(6)12-20(30-18-32)10-24(3,4)14-26;1-11(2)4-10(14-9-16)5-12(3,6-11)7-13-8-15;3-1-2-4/h19-20H,7-16H2,1-6H3,(H,27,33)(H,28,34);10H,4-7H2,1-3H3;3-4H,1-2H2. The number of alkyl carbamates (subject to hydrolysis) is 2. The molecule has 0 spiro atoms. The highest BCUT2D eigenvalue weighted by Gasteiger charge is 2.43. The van der Waals surface area contributed by atoms with Crippen molar-refractivity contribution >= 4 is 36.5 Å². The molecule has 0 bridgehead atoms. The number of aliphatic hydroxyl groups is 2. The number of rotatable bonds is 13. The van der Waals surface area contributed by atoms with Crippen LogP contribution in [0.1, 0.15) is 120 Å². The fourth-order valence-electron chi connectivity index (χ4n) is 9.79. The van der Waals surface area contributed by atoms with Gasteiger partial charge in [0.05, 0.1) is 37.9 Å². The lowest BCUT2D eigenvalue weighted by atomic mass is 9.62. The minimum Gasteiger partial charge on any atom is -0.446 e. The summed E-state index contributed by atoms with van der Waals surface area (Å²) in [4.78, 5) is 81.6. The zero-order chi connectivity index (χ0) is 42.7. The summed E-state index contributed by atoms with van der Waals surface area (Å²) in [5, 5.41) is 20.8. The molecule has 16 nitrogen and oxygen atoms in total. The molecule has 6 unspecified atom stereocenters. The lowest BCUT2D eigenvalue weighted by molar-refractivity contribution is 0.0671. The highest BCUT2D eigenvalue weighted by atomic mass is 16.6. The van der Waals surface area contributed by atoms with Crippen molar-refractivity contribution in [2.75, 3.05) is 46.1 Å². The molecular weight excluding hydrogens is 724 g/mol. The van der Waals surface area contributed by atoms with Crippen molar-refractivity contribution in [3.05, 3.63) is 0 Å². The second-order valence-electron chi connectivity index (χ2n) is 19.1. The van der Waals surface area contributed by atoms with Gasteiger partial charge < -0.3 is 30.3 Å². The van der Waals surface area contributed by atoms with E-state index in [0.29, 0.717) is 32.5 Å². The van der Waals surface area contributed by atoms with Crippen LogP contribution in [0.3, 0.4) is 0 Å². The molecule has 0 heterocycles. The Morgan fingerprint density at radius 3 is 1.18 bits per heavy atom. The summed E-state index contributed by atoms with van der Waals surface area (Å²) in [5.41, 5.74) is -0.389.